The average molecular weight is 451 g/mol. The fourth-order valence-corrected chi connectivity index (χ4v) is 4.51. The summed E-state index contributed by atoms with van der Waals surface area (Å²) in [6.45, 7) is 0. The number of hydrogen-bond donors (Lipinski definition) is 0. The van der Waals surface area contributed by atoms with Crippen molar-refractivity contribution in [2.24, 2.45) is 0 Å². The minimum atomic E-state index is 0.0176. The van der Waals surface area contributed by atoms with Gasteiger partial charge in [-0.25, -0.2) is 0 Å². The van der Waals surface area contributed by atoms with Gasteiger partial charge in [-0.1, -0.05) is 0 Å². The van der Waals surface area contributed by atoms with E-state index in [0.29, 0.717) is 0 Å². The average Bonchev–Trinajstić information content (AvgIpc) is 2.56. The Balaban J connectivity index is 2.24. The summed E-state index contributed by atoms with van der Waals surface area (Å²) in [6, 6.07) is 32.5. The summed E-state index contributed by atoms with van der Waals surface area (Å²) in [7, 11) is 0. The predicted octanol–water partition coefficient (Wildman–Crippen LogP) is 4.15. The van der Waals surface area contributed by atoms with Crippen LogP contribution in [-0.2, 0) is 2.97 Å². The van der Waals surface area contributed by atoms with Crippen molar-refractivity contribution in [3.05, 3.63) is 108 Å². The van der Waals surface area contributed by atoms with Gasteiger partial charge in [0.1, 0.15) is 0 Å². The topological polar surface area (TPSA) is 0 Å². The maximum atomic E-state index is 2.24. The van der Waals surface area contributed by atoms with E-state index in [-0.39, 0.29) is 2.97 Å². The molecule has 95 valence electrons. The van der Waals surface area contributed by atoms with Gasteiger partial charge in [0.25, 0.3) is 0 Å². The van der Waals surface area contributed by atoms with E-state index in [9.17, 15) is 0 Å². The molecule has 0 amide bonds. The van der Waals surface area contributed by atoms with E-state index in [4.69, 9.17) is 0 Å². The summed E-state index contributed by atoms with van der Waals surface area (Å²) in [5, 5.41) is 0. The van der Waals surface area contributed by atoms with Crippen LogP contribution in [0.25, 0.3) is 0 Å². The fourth-order valence-electron chi connectivity index (χ4n) is 2.56. The molecule has 0 nitrogen and oxygen atoms in total. The third kappa shape index (κ3) is 2.44. The Morgan fingerprint density at radius 1 is 0.450 bits per heavy atom. The molecule has 0 heterocycles. The van der Waals surface area contributed by atoms with Gasteiger partial charge < -0.3 is 0 Å². The quantitative estimate of drug-likeness (QED) is 0.416. The molecule has 0 unspecified atom stereocenters. The van der Waals surface area contributed by atoms with Gasteiger partial charge in [0.15, 0.2) is 0 Å². The first-order chi connectivity index (χ1) is 9.82. The normalized spacial score (nSPS) is 11.2. The number of hydrogen-bond acceptors (Lipinski definition) is 0. The van der Waals surface area contributed by atoms with E-state index >= 15 is 0 Å². The molecule has 0 spiro atoms. The van der Waals surface area contributed by atoms with Crippen molar-refractivity contribution in [3.63, 3.8) is 0 Å². The van der Waals surface area contributed by atoms with Crippen LogP contribution in [0.4, 0.5) is 0 Å². The second-order valence-corrected chi connectivity index (χ2v) is 7.76. The second kappa shape index (κ2) is 5.92. The summed E-state index contributed by atoms with van der Waals surface area (Å²) in [5.41, 5.74) is 4.14. The van der Waals surface area contributed by atoms with Crippen molar-refractivity contribution < 1.29 is 0 Å². The van der Waals surface area contributed by atoms with Gasteiger partial charge in [0.05, 0.1) is 0 Å². The Kier molecular flexibility index (Phi) is 4.01. The first-order valence-electron chi connectivity index (χ1n) is 6.73. The van der Waals surface area contributed by atoms with Gasteiger partial charge in [-0.2, -0.15) is 0 Å². The Labute approximate surface area is 136 Å². The number of benzene rings is 3. The van der Waals surface area contributed by atoms with E-state index in [1.807, 2.05) is 0 Å². The van der Waals surface area contributed by atoms with Crippen LogP contribution in [0.2, 0.25) is 0 Å². The zero-order chi connectivity index (χ0) is 13.8. The van der Waals surface area contributed by atoms with Crippen LogP contribution in [0.1, 0.15) is 16.7 Å². The van der Waals surface area contributed by atoms with Gasteiger partial charge in [0, 0.05) is 0 Å². The molecule has 0 aliphatic heterocycles. The first kappa shape index (κ1) is 13.6. The van der Waals surface area contributed by atoms with Crippen LogP contribution in [0.5, 0.6) is 0 Å². The molecule has 0 fully saturated rings. The molecule has 0 aliphatic rings. The number of rotatable bonds is 3. The first-order valence-corrected chi connectivity index (χ1v) is 8.68. The maximum absolute atomic E-state index is 2.24. The third-order valence-corrected chi connectivity index (χ3v) is 6.99. The van der Waals surface area contributed by atoms with Gasteiger partial charge in [-0.15, -0.1) is 0 Å². The van der Waals surface area contributed by atoms with Gasteiger partial charge in [-0.3, -0.25) is 0 Å². The van der Waals surface area contributed by atoms with Crippen LogP contribution < -0.4 is 0 Å². The summed E-state index contributed by atoms with van der Waals surface area (Å²) < 4.78 is 0.0176. The fraction of sp³-hybridized carbons (Fsp3) is 0.0526. The molecule has 3 rings (SSSR count). The van der Waals surface area contributed by atoms with Crippen LogP contribution in [0.3, 0.4) is 0 Å². The van der Waals surface area contributed by atoms with Crippen molar-refractivity contribution in [3.8, 4) is 0 Å². The van der Waals surface area contributed by atoms with Crippen molar-refractivity contribution >= 4 is 25.8 Å². The standard InChI is InChI=1S/C19H15.Pb/c1-4-10-16(11-5-1)19(17-12-6-2-7-13-17)18-14-8-3-9-15-18;/h1-15H;. The molecule has 0 atom stereocenters. The van der Waals surface area contributed by atoms with Crippen molar-refractivity contribution in [2.75, 3.05) is 0 Å². The van der Waals surface area contributed by atoms with E-state index in [1.54, 1.807) is 0 Å². The predicted molar refractivity (Wildman–Crippen MR) is 85.0 cm³/mol. The van der Waals surface area contributed by atoms with Crippen LogP contribution >= 0.6 is 0 Å². The third-order valence-electron chi connectivity index (χ3n) is 3.62. The summed E-state index contributed by atoms with van der Waals surface area (Å²) in [5.74, 6) is 0. The molecule has 3 aromatic carbocycles. The van der Waals surface area contributed by atoms with Gasteiger partial charge >= 0.3 is 136 Å². The molecular weight excluding hydrogens is 435 g/mol. The monoisotopic (exact) mass is 451 g/mol. The molecule has 0 bridgehead atoms. The van der Waals surface area contributed by atoms with Crippen LogP contribution in [0, 0.1) is 0 Å². The Morgan fingerprint density at radius 2 is 0.700 bits per heavy atom. The van der Waals surface area contributed by atoms with Crippen molar-refractivity contribution in [1.29, 1.82) is 0 Å². The molecule has 0 aliphatic carbocycles. The molecule has 3 aromatic rings. The minimum absolute atomic E-state index is 0.0176. The Bertz CT molecular complexity index is 563. The van der Waals surface area contributed by atoms with E-state index in [2.05, 4.69) is 91.0 Å². The van der Waals surface area contributed by atoms with Gasteiger partial charge in [-0.05, 0) is 0 Å². The SMILES string of the molecule is [Pb][C](c1ccccc1)(c1ccccc1)c1ccccc1. The molecule has 0 aromatic heterocycles. The summed E-state index contributed by atoms with van der Waals surface area (Å²) >= 11 is 1.03. The van der Waals surface area contributed by atoms with E-state index in [1.165, 1.54) is 16.7 Å². The Hall–Kier alpha value is -1.42. The van der Waals surface area contributed by atoms with Crippen LogP contribution in [-0.4, -0.2) is 25.8 Å². The van der Waals surface area contributed by atoms with E-state index in [0.717, 1.165) is 25.8 Å². The van der Waals surface area contributed by atoms with E-state index < -0.39 is 0 Å². The van der Waals surface area contributed by atoms with Crippen LogP contribution in [0.15, 0.2) is 91.0 Å². The Morgan fingerprint density at radius 3 is 0.950 bits per heavy atom. The van der Waals surface area contributed by atoms with Gasteiger partial charge in [0.2, 0.25) is 0 Å². The summed E-state index contributed by atoms with van der Waals surface area (Å²) in [4.78, 5) is 0. The molecule has 0 saturated carbocycles. The summed E-state index contributed by atoms with van der Waals surface area (Å²) in [6.07, 6.45) is 0. The molecule has 3 radical (unpaired) electrons. The second-order valence-electron chi connectivity index (χ2n) is 4.85. The van der Waals surface area contributed by atoms with Crippen molar-refractivity contribution in [1.82, 2.24) is 0 Å². The van der Waals surface area contributed by atoms with Crippen molar-refractivity contribution in [2.45, 2.75) is 2.97 Å². The zero-order valence-electron chi connectivity index (χ0n) is 11.2. The molecule has 0 saturated heterocycles. The zero-order valence-corrected chi connectivity index (χ0v) is 15.0. The molecule has 20 heavy (non-hydrogen) atoms. The molecule has 1 heteroatoms. The molecule has 0 N–H and O–H groups in total. The molecular formula is C19H15Pb.